The SMILES string of the molecule is Cn1nc(C(=O)Nc2ccccc2C(=O)NCCc2ccccc2)c2ccccc2c1=O. The Labute approximate surface area is 184 Å². The zero-order chi connectivity index (χ0) is 22.5. The van der Waals surface area contributed by atoms with E-state index in [1.807, 2.05) is 30.3 Å². The monoisotopic (exact) mass is 426 g/mol. The van der Waals surface area contributed by atoms with Gasteiger partial charge in [-0.05, 0) is 30.2 Å². The number of anilines is 1. The number of fused-ring (bicyclic) bond motifs is 1. The molecule has 0 saturated carbocycles. The van der Waals surface area contributed by atoms with Crippen molar-refractivity contribution in [2.45, 2.75) is 6.42 Å². The van der Waals surface area contributed by atoms with Gasteiger partial charge in [-0.2, -0.15) is 5.10 Å². The molecule has 4 aromatic rings. The molecule has 0 aliphatic carbocycles. The number of amides is 2. The largest absolute Gasteiger partial charge is 0.352 e. The van der Waals surface area contributed by atoms with E-state index in [1.165, 1.54) is 7.05 Å². The average molecular weight is 426 g/mol. The minimum atomic E-state index is -0.499. The predicted molar refractivity (Wildman–Crippen MR) is 124 cm³/mol. The lowest BCUT2D eigenvalue weighted by Crippen LogP contribution is -2.28. The third-order valence-electron chi connectivity index (χ3n) is 5.13. The van der Waals surface area contributed by atoms with Crippen LogP contribution >= 0.6 is 0 Å². The van der Waals surface area contributed by atoms with Crippen molar-refractivity contribution in [2.75, 3.05) is 11.9 Å². The van der Waals surface area contributed by atoms with Gasteiger partial charge in [0.1, 0.15) is 0 Å². The van der Waals surface area contributed by atoms with Crippen LogP contribution in [0.3, 0.4) is 0 Å². The smallest absolute Gasteiger partial charge is 0.276 e. The number of aromatic nitrogens is 2. The van der Waals surface area contributed by atoms with Crippen molar-refractivity contribution in [3.8, 4) is 0 Å². The molecule has 0 bridgehead atoms. The van der Waals surface area contributed by atoms with Crippen LogP contribution < -0.4 is 16.2 Å². The zero-order valence-electron chi connectivity index (χ0n) is 17.5. The third kappa shape index (κ3) is 4.41. The molecular weight excluding hydrogens is 404 g/mol. The molecule has 1 aromatic heterocycles. The van der Waals surface area contributed by atoms with Gasteiger partial charge in [-0.15, -0.1) is 0 Å². The first kappa shape index (κ1) is 21.0. The molecule has 0 atom stereocenters. The number of carbonyl (C=O) groups excluding carboxylic acids is 2. The summed E-state index contributed by atoms with van der Waals surface area (Å²) in [6.45, 7) is 0.470. The maximum Gasteiger partial charge on any atom is 0.276 e. The summed E-state index contributed by atoms with van der Waals surface area (Å²) in [6.07, 6.45) is 0.703. The normalized spacial score (nSPS) is 10.7. The van der Waals surface area contributed by atoms with Crippen LogP contribution in [0.4, 0.5) is 5.69 Å². The van der Waals surface area contributed by atoms with E-state index in [-0.39, 0.29) is 17.2 Å². The lowest BCUT2D eigenvalue weighted by atomic mass is 10.1. The molecule has 32 heavy (non-hydrogen) atoms. The number of carbonyl (C=O) groups is 2. The molecule has 2 N–H and O–H groups in total. The van der Waals surface area contributed by atoms with Crippen molar-refractivity contribution in [2.24, 2.45) is 7.05 Å². The van der Waals surface area contributed by atoms with Gasteiger partial charge in [0, 0.05) is 19.0 Å². The van der Waals surface area contributed by atoms with Crippen LogP contribution in [-0.4, -0.2) is 28.1 Å². The van der Waals surface area contributed by atoms with Gasteiger partial charge in [0.15, 0.2) is 5.69 Å². The summed E-state index contributed by atoms with van der Waals surface area (Å²) in [5.41, 5.74) is 1.68. The second-order valence-electron chi connectivity index (χ2n) is 7.31. The van der Waals surface area contributed by atoms with Crippen molar-refractivity contribution < 1.29 is 9.59 Å². The molecule has 2 amide bonds. The Morgan fingerprint density at radius 3 is 2.28 bits per heavy atom. The van der Waals surface area contributed by atoms with E-state index in [0.29, 0.717) is 35.0 Å². The highest BCUT2D eigenvalue weighted by atomic mass is 16.2. The van der Waals surface area contributed by atoms with Gasteiger partial charge in [-0.25, -0.2) is 4.68 Å². The molecule has 0 radical (unpaired) electrons. The molecule has 7 heteroatoms. The van der Waals surface area contributed by atoms with E-state index in [4.69, 9.17) is 0 Å². The van der Waals surface area contributed by atoms with Crippen LogP contribution in [0.15, 0.2) is 83.7 Å². The Morgan fingerprint density at radius 2 is 1.50 bits per heavy atom. The predicted octanol–water partition coefficient (Wildman–Crippen LogP) is 3.16. The lowest BCUT2D eigenvalue weighted by Gasteiger charge is -2.12. The van der Waals surface area contributed by atoms with Crippen LogP contribution in [0.2, 0.25) is 0 Å². The minimum Gasteiger partial charge on any atom is -0.352 e. The van der Waals surface area contributed by atoms with E-state index >= 15 is 0 Å². The maximum atomic E-state index is 13.0. The number of rotatable bonds is 6. The van der Waals surface area contributed by atoms with Crippen molar-refractivity contribution in [1.29, 1.82) is 0 Å². The Balaban J connectivity index is 1.54. The fraction of sp³-hybridized carbons (Fsp3) is 0.120. The molecule has 1 heterocycles. The van der Waals surface area contributed by atoms with Crippen LogP contribution in [-0.2, 0) is 13.5 Å². The highest BCUT2D eigenvalue weighted by Gasteiger charge is 2.18. The molecule has 7 nitrogen and oxygen atoms in total. The fourth-order valence-corrected chi connectivity index (χ4v) is 3.50. The summed E-state index contributed by atoms with van der Waals surface area (Å²) < 4.78 is 1.14. The molecule has 160 valence electrons. The summed E-state index contributed by atoms with van der Waals surface area (Å²) >= 11 is 0. The number of nitrogens with zero attached hydrogens (tertiary/aromatic N) is 2. The molecule has 0 saturated heterocycles. The molecule has 0 spiro atoms. The minimum absolute atomic E-state index is 0.113. The molecule has 0 aliphatic heterocycles. The van der Waals surface area contributed by atoms with E-state index in [9.17, 15) is 14.4 Å². The standard InChI is InChI=1S/C25H22N4O3/c1-29-25(32)19-12-6-5-11-18(19)22(28-29)24(31)27-21-14-8-7-13-20(21)23(30)26-16-15-17-9-3-2-4-10-17/h2-14H,15-16H2,1H3,(H,26,30)(H,27,31). The number of benzene rings is 3. The van der Waals surface area contributed by atoms with Gasteiger partial charge in [0.25, 0.3) is 17.4 Å². The van der Waals surface area contributed by atoms with Crippen molar-refractivity contribution >= 4 is 28.3 Å². The van der Waals surface area contributed by atoms with Gasteiger partial charge in [-0.1, -0.05) is 60.7 Å². The Morgan fingerprint density at radius 1 is 0.844 bits per heavy atom. The highest BCUT2D eigenvalue weighted by molar-refractivity contribution is 6.13. The third-order valence-corrected chi connectivity index (χ3v) is 5.13. The number of nitrogens with one attached hydrogen (secondary N) is 2. The Kier molecular flexibility index (Phi) is 6.07. The van der Waals surface area contributed by atoms with Gasteiger partial charge in [-0.3, -0.25) is 14.4 Å². The first-order valence-electron chi connectivity index (χ1n) is 10.2. The lowest BCUT2D eigenvalue weighted by molar-refractivity contribution is 0.0955. The topological polar surface area (TPSA) is 93.1 Å². The first-order chi connectivity index (χ1) is 15.5. The molecular formula is C25H22N4O3. The highest BCUT2D eigenvalue weighted by Crippen LogP contribution is 2.18. The van der Waals surface area contributed by atoms with Crippen molar-refractivity contribution in [3.05, 3.63) is 106 Å². The van der Waals surface area contributed by atoms with Crippen LogP contribution in [0.1, 0.15) is 26.4 Å². The molecule has 0 aliphatic rings. The summed E-state index contributed by atoms with van der Waals surface area (Å²) in [6, 6.07) is 23.5. The quantitative estimate of drug-likeness (QED) is 0.495. The van der Waals surface area contributed by atoms with E-state index in [0.717, 1.165) is 10.2 Å². The zero-order valence-corrected chi connectivity index (χ0v) is 17.5. The van der Waals surface area contributed by atoms with E-state index in [2.05, 4.69) is 15.7 Å². The number of para-hydroxylation sites is 1. The summed E-state index contributed by atoms with van der Waals surface area (Å²) in [5, 5.41) is 10.7. The van der Waals surface area contributed by atoms with Gasteiger partial charge >= 0.3 is 0 Å². The summed E-state index contributed by atoms with van der Waals surface area (Å²) in [4.78, 5) is 38.1. The van der Waals surface area contributed by atoms with Crippen LogP contribution in [0.25, 0.3) is 10.8 Å². The second kappa shape index (κ2) is 9.26. The first-order valence-corrected chi connectivity index (χ1v) is 10.2. The average Bonchev–Trinajstić information content (AvgIpc) is 2.82. The number of aryl methyl sites for hydroxylation is 1. The van der Waals surface area contributed by atoms with Crippen LogP contribution in [0.5, 0.6) is 0 Å². The van der Waals surface area contributed by atoms with Crippen molar-refractivity contribution in [3.63, 3.8) is 0 Å². The molecule has 0 unspecified atom stereocenters. The van der Waals surface area contributed by atoms with Gasteiger partial charge < -0.3 is 10.6 Å². The molecule has 4 rings (SSSR count). The Bertz CT molecular complexity index is 1350. The summed E-state index contributed by atoms with van der Waals surface area (Å²) in [7, 11) is 1.50. The number of hydrogen-bond donors (Lipinski definition) is 2. The van der Waals surface area contributed by atoms with Gasteiger partial charge in [0.2, 0.25) is 0 Å². The van der Waals surface area contributed by atoms with Crippen molar-refractivity contribution in [1.82, 2.24) is 15.1 Å². The van der Waals surface area contributed by atoms with Gasteiger partial charge in [0.05, 0.1) is 16.6 Å². The maximum absolute atomic E-state index is 13.0. The molecule has 0 fully saturated rings. The van der Waals surface area contributed by atoms with E-state index < -0.39 is 5.91 Å². The summed E-state index contributed by atoms with van der Waals surface area (Å²) in [5.74, 6) is -0.781. The second-order valence-corrected chi connectivity index (χ2v) is 7.31. The number of hydrogen-bond acceptors (Lipinski definition) is 4. The van der Waals surface area contributed by atoms with E-state index in [1.54, 1.807) is 48.5 Å². The fourth-order valence-electron chi connectivity index (χ4n) is 3.50. The Hall–Kier alpha value is -4.26. The molecule has 3 aromatic carbocycles. The van der Waals surface area contributed by atoms with Crippen LogP contribution in [0, 0.1) is 0 Å².